The zero-order chi connectivity index (χ0) is 17.0. The molecule has 1 unspecified atom stereocenters. The minimum atomic E-state index is -1.28. The minimum absolute atomic E-state index is 0.131. The van der Waals surface area contributed by atoms with Crippen LogP contribution in [0.25, 0.3) is 0 Å². The van der Waals surface area contributed by atoms with Gasteiger partial charge in [-0.25, -0.2) is 0 Å². The number of carboxylic acids is 1. The van der Waals surface area contributed by atoms with E-state index in [2.05, 4.69) is 19.5 Å². The van der Waals surface area contributed by atoms with Crippen LogP contribution in [0.5, 0.6) is 0 Å². The van der Waals surface area contributed by atoms with E-state index in [0.717, 1.165) is 0 Å². The lowest BCUT2D eigenvalue weighted by atomic mass is 9.66. The van der Waals surface area contributed by atoms with Crippen molar-refractivity contribution in [2.75, 3.05) is 0 Å². The third kappa shape index (κ3) is 4.56. The maximum atomic E-state index is 12.8. The number of carboxylic acid groups (broad SMARTS) is 1. The molecule has 0 aromatic heterocycles. The van der Waals surface area contributed by atoms with Crippen LogP contribution in [-0.2, 0) is 13.8 Å². The Balaban J connectivity index is 5.44. The van der Waals surface area contributed by atoms with Gasteiger partial charge in [-0.3, -0.25) is 9.59 Å². The van der Waals surface area contributed by atoms with E-state index in [1.54, 1.807) is 33.8 Å². The van der Waals surface area contributed by atoms with E-state index in [-0.39, 0.29) is 11.7 Å². The van der Waals surface area contributed by atoms with Crippen LogP contribution in [0.1, 0.15) is 41.0 Å². The highest BCUT2D eigenvalue weighted by molar-refractivity contribution is 7.75. The lowest BCUT2D eigenvalue weighted by molar-refractivity contribution is -0.151. The zero-order valence-corrected chi connectivity index (χ0v) is 14.2. The Kier molecular flexibility index (Phi) is 7.12. The molecule has 3 atom stereocenters. The van der Waals surface area contributed by atoms with Crippen LogP contribution in [0.3, 0.4) is 0 Å². The van der Waals surface area contributed by atoms with Crippen LogP contribution in [0.15, 0.2) is 12.7 Å². The maximum absolute atomic E-state index is 12.8. The van der Waals surface area contributed by atoms with Gasteiger partial charge in [-0.1, -0.05) is 40.7 Å². The summed E-state index contributed by atoms with van der Waals surface area (Å²) in [6.45, 7) is 12.0. The second-order valence-corrected chi connectivity index (χ2v) is 6.72. The largest absolute Gasteiger partial charge is 0.481 e. The van der Waals surface area contributed by atoms with Gasteiger partial charge in [0, 0.05) is 5.92 Å². The molecule has 0 amide bonds. The maximum Gasteiger partial charge on any atom is 0.306 e. The van der Waals surface area contributed by atoms with Gasteiger partial charge in [0.15, 0.2) is 0 Å². The quantitative estimate of drug-likeness (QED) is 0.345. The number of thiol groups is 1. The SMILES string of the molecule is C=C[C@H](C)C(OS)C(C)(C)C(=O)C(C)(C)[C@@H](O)CC(=O)O. The summed E-state index contributed by atoms with van der Waals surface area (Å²) in [5, 5.41) is 18.8. The summed E-state index contributed by atoms with van der Waals surface area (Å²) in [5.41, 5.74) is -2.17. The molecule has 21 heavy (non-hydrogen) atoms. The predicted octanol–water partition coefficient (Wildman–Crippen LogP) is 2.50. The topological polar surface area (TPSA) is 83.8 Å². The summed E-state index contributed by atoms with van der Waals surface area (Å²) < 4.78 is 5.15. The molecule has 0 aromatic rings. The average Bonchev–Trinajstić information content (AvgIpc) is 2.36. The molecule has 0 bridgehead atoms. The highest BCUT2D eigenvalue weighted by Gasteiger charge is 2.49. The average molecular weight is 318 g/mol. The summed E-state index contributed by atoms with van der Waals surface area (Å²) in [6.07, 6.45) is -0.641. The van der Waals surface area contributed by atoms with Crippen molar-refractivity contribution in [2.45, 2.75) is 53.2 Å². The van der Waals surface area contributed by atoms with Gasteiger partial charge in [0.1, 0.15) is 5.78 Å². The number of rotatable bonds is 9. The third-order valence-corrected chi connectivity index (χ3v) is 4.27. The summed E-state index contributed by atoms with van der Waals surface area (Å²) in [5.74, 6) is -1.56. The molecular formula is C15H26O5S. The van der Waals surface area contributed by atoms with Crippen LogP contribution >= 0.6 is 12.9 Å². The third-order valence-electron chi connectivity index (χ3n) is 4.05. The summed E-state index contributed by atoms with van der Waals surface area (Å²) in [4.78, 5) is 23.6. The molecule has 0 fully saturated rings. The van der Waals surface area contributed by atoms with Gasteiger partial charge < -0.3 is 14.4 Å². The molecule has 0 saturated carbocycles. The van der Waals surface area contributed by atoms with Crippen LogP contribution in [0, 0.1) is 16.7 Å². The Bertz CT molecular complexity index is 403. The molecule has 0 rings (SSSR count). The molecule has 0 spiro atoms. The van der Waals surface area contributed by atoms with Gasteiger partial charge >= 0.3 is 5.97 Å². The molecule has 0 radical (unpaired) electrons. The number of aliphatic hydroxyl groups excluding tert-OH is 1. The predicted molar refractivity (Wildman–Crippen MR) is 84.0 cm³/mol. The molecule has 2 N–H and O–H groups in total. The molecule has 122 valence electrons. The van der Waals surface area contributed by atoms with Crippen molar-refractivity contribution in [1.29, 1.82) is 0 Å². The van der Waals surface area contributed by atoms with Crippen molar-refractivity contribution < 1.29 is 24.0 Å². The normalized spacial score (nSPS) is 16.9. The van der Waals surface area contributed by atoms with E-state index in [4.69, 9.17) is 9.29 Å². The van der Waals surface area contributed by atoms with Crippen molar-refractivity contribution in [3.63, 3.8) is 0 Å². The molecule has 0 saturated heterocycles. The molecule has 5 nitrogen and oxygen atoms in total. The molecule has 0 aromatic carbocycles. The molecule has 0 aliphatic rings. The van der Waals surface area contributed by atoms with E-state index in [0.29, 0.717) is 0 Å². The van der Waals surface area contributed by atoms with Crippen molar-refractivity contribution in [3.8, 4) is 0 Å². The summed E-state index contributed by atoms with van der Waals surface area (Å²) in [6, 6.07) is 0. The Morgan fingerprint density at radius 3 is 2.10 bits per heavy atom. The number of aliphatic hydroxyl groups is 1. The number of hydrogen-bond donors (Lipinski definition) is 3. The first-order chi connectivity index (χ1) is 9.42. The summed E-state index contributed by atoms with van der Waals surface area (Å²) in [7, 11) is 0. The fraction of sp³-hybridized carbons (Fsp3) is 0.733. The second kappa shape index (κ2) is 7.42. The number of aliphatic carboxylic acids is 1. The minimum Gasteiger partial charge on any atom is -0.481 e. The van der Waals surface area contributed by atoms with Gasteiger partial charge in [0.25, 0.3) is 0 Å². The zero-order valence-electron chi connectivity index (χ0n) is 13.3. The van der Waals surface area contributed by atoms with Crippen LogP contribution in [0.4, 0.5) is 0 Å². The lowest BCUT2D eigenvalue weighted by Gasteiger charge is -2.41. The van der Waals surface area contributed by atoms with Gasteiger partial charge in [-0.15, -0.1) is 6.58 Å². The lowest BCUT2D eigenvalue weighted by Crippen LogP contribution is -2.51. The van der Waals surface area contributed by atoms with Gasteiger partial charge in [-0.2, -0.15) is 0 Å². The number of hydrogen-bond acceptors (Lipinski definition) is 5. The van der Waals surface area contributed by atoms with Gasteiger partial charge in [0.2, 0.25) is 0 Å². The molecular weight excluding hydrogens is 292 g/mol. The first kappa shape index (κ1) is 20.1. The standard InChI is InChI=1S/C15H26O5S/c1-7-9(2)12(20-21)15(5,6)13(19)14(3,4)10(16)8-11(17)18/h7,9-10,12,16,21H,1,8H2,2-6H3,(H,17,18)/t9-,10-,12?/m0/s1. The van der Waals surface area contributed by atoms with Crippen LogP contribution in [-0.4, -0.2) is 34.2 Å². The molecule has 0 aliphatic carbocycles. The number of carbonyl (C=O) groups is 2. The highest BCUT2D eigenvalue weighted by atomic mass is 32.1. The van der Waals surface area contributed by atoms with Crippen LogP contribution < -0.4 is 0 Å². The number of ketones is 1. The van der Waals surface area contributed by atoms with E-state index < -0.39 is 35.4 Å². The van der Waals surface area contributed by atoms with Crippen molar-refractivity contribution >= 4 is 24.7 Å². The second-order valence-electron chi connectivity index (χ2n) is 6.51. The monoisotopic (exact) mass is 318 g/mol. The first-order valence-electron chi connectivity index (χ1n) is 6.80. The Morgan fingerprint density at radius 2 is 1.76 bits per heavy atom. The van der Waals surface area contributed by atoms with E-state index in [9.17, 15) is 14.7 Å². The molecule has 6 heteroatoms. The molecule has 0 heterocycles. The van der Waals surface area contributed by atoms with Crippen molar-refractivity contribution in [1.82, 2.24) is 0 Å². The van der Waals surface area contributed by atoms with E-state index in [1.807, 2.05) is 6.92 Å². The van der Waals surface area contributed by atoms with E-state index in [1.165, 1.54) is 0 Å². The fourth-order valence-corrected chi connectivity index (χ4v) is 3.00. The van der Waals surface area contributed by atoms with Crippen LogP contribution in [0.2, 0.25) is 0 Å². The number of carbonyl (C=O) groups excluding carboxylic acids is 1. The fourth-order valence-electron chi connectivity index (χ4n) is 2.54. The Labute approximate surface area is 132 Å². The van der Waals surface area contributed by atoms with Crippen molar-refractivity contribution in [2.24, 2.45) is 16.7 Å². The summed E-state index contributed by atoms with van der Waals surface area (Å²) >= 11 is 3.84. The van der Waals surface area contributed by atoms with E-state index >= 15 is 0 Å². The highest BCUT2D eigenvalue weighted by Crippen LogP contribution is 2.39. The Hall–Kier alpha value is -0.850. The Morgan fingerprint density at radius 1 is 1.29 bits per heavy atom. The van der Waals surface area contributed by atoms with Crippen molar-refractivity contribution in [3.05, 3.63) is 12.7 Å². The smallest absolute Gasteiger partial charge is 0.306 e. The molecule has 0 aliphatic heterocycles. The first-order valence-corrected chi connectivity index (χ1v) is 7.16. The number of Topliss-reactive ketones (excluding diaryl/α,β-unsaturated/α-hetero) is 1. The van der Waals surface area contributed by atoms with Gasteiger partial charge in [0.05, 0.1) is 29.5 Å². The van der Waals surface area contributed by atoms with Gasteiger partial charge in [-0.05, 0) is 12.9 Å².